The molecule has 0 fully saturated rings. The van der Waals surface area contributed by atoms with Gasteiger partial charge in [0.2, 0.25) is 15.9 Å². The highest BCUT2D eigenvalue weighted by Crippen LogP contribution is 2.14. The molecular weight excluding hydrogens is 368 g/mol. The Kier molecular flexibility index (Phi) is 6.70. The minimum absolute atomic E-state index is 0.137. The largest absolute Gasteiger partial charge is 0.478 e. The zero-order chi connectivity index (χ0) is 20.0. The Balaban J connectivity index is 1.84. The van der Waals surface area contributed by atoms with Gasteiger partial charge >= 0.3 is 5.97 Å². The van der Waals surface area contributed by atoms with Gasteiger partial charge in [-0.2, -0.15) is 0 Å². The van der Waals surface area contributed by atoms with E-state index in [4.69, 9.17) is 5.11 Å². The van der Waals surface area contributed by atoms with E-state index in [2.05, 4.69) is 5.32 Å². The van der Waals surface area contributed by atoms with E-state index in [1.54, 1.807) is 24.3 Å². The van der Waals surface area contributed by atoms with Crippen LogP contribution in [0.25, 0.3) is 0 Å². The van der Waals surface area contributed by atoms with E-state index in [9.17, 15) is 18.0 Å². The summed E-state index contributed by atoms with van der Waals surface area (Å²) in [4.78, 5) is 23.0. The summed E-state index contributed by atoms with van der Waals surface area (Å²) in [6, 6.07) is 12.8. The highest BCUT2D eigenvalue weighted by molar-refractivity contribution is 7.89. The maximum atomic E-state index is 12.0. The lowest BCUT2D eigenvalue weighted by molar-refractivity contribution is -0.121. The molecule has 0 saturated carbocycles. The van der Waals surface area contributed by atoms with Crippen LogP contribution in [0.15, 0.2) is 53.4 Å². The molecule has 144 valence electrons. The van der Waals surface area contributed by atoms with Crippen molar-refractivity contribution < 1.29 is 23.1 Å². The van der Waals surface area contributed by atoms with Gasteiger partial charge in [-0.3, -0.25) is 4.79 Å². The Hall–Kier alpha value is -2.71. The SMILES string of the molecule is CN(C)S(=O)(=O)c1ccc(CNC(=O)CCc2ccc(C(=O)O)cc2)cc1. The Labute approximate surface area is 158 Å². The molecule has 0 atom stereocenters. The molecule has 0 aliphatic rings. The number of nitrogens with one attached hydrogen (secondary N) is 1. The van der Waals surface area contributed by atoms with Crippen molar-refractivity contribution in [3.63, 3.8) is 0 Å². The van der Waals surface area contributed by atoms with Gasteiger partial charge in [-0.25, -0.2) is 17.5 Å². The summed E-state index contributed by atoms with van der Waals surface area (Å²) < 4.78 is 25.2. The van der Waals surface area contributed by atoms with Crippen molar-refractivity contribution >= 4 is 21.9 Å². The molecule has 0 unspecified atom stereocenters. The summed E-state index contributed by atoms with van der Waals surface area (Å²) in [5.41, 5.74) is 1.89. The molecule has 0 spiro atoms. The number of nitrogens with zero attached hydrogens (tertiary/aromatic N) is 1. The predicted octanol–water partition coefficient (Wildman–Crippen LogP) is 1.88. The summed E-state index contributed by atoms with van der Waals surface area (Å²) in [5, 5.41) is 11.6. The van der Waals surface area contributed by atoms with Crippen LogP contribution in [0.3, 0.4) is 0 Å². The highest BCUT2D eigenvalue weighted by atomic mass is 32.2. The fraction of sp³-hybridized carbons (Fsp3) is 0.263. The van der Waals surface area contributed by atoms with E-state index >= 15 is 0 Å². The molecule has 8 heteroatoms. The van der Waals surface area contributed by atoms with Crippen LogP contribution in [0.4, 0.5) is 0 Å². The predicted molar refractivity (Wildman–Crippen MR) is 101 cm³/mol. The lowest BCUT2D eigenvalue weighted by Gasteiger charge is -2.12. The Bertz CT molecular complexity index is 904. The lowest BCUT2D eigenvalue weighted by Crippen LogP contribution is -2.23. The van der Waals surface area contributed by atoms with E-state index in [-0.39, 0.29) is 22.8 Å². The molecule has 2 rings (SSSR count). The molecule has 0 aliphatic heterocycles. The first-order valence-electron chi connectivity index (χ1n) is 8.30. The summed E-state index contributed by atoms with van der Waals surface area (Å²) in [5.74, 6) is -1.12. The van der Waals surface area contributed by atoms with Crippen molar-refractivity contribution in [3.8, 4) is 0 Å². The Morgan fingerprint density at radius 2 is 1.52 bits per heavy atom. The maximum absolute atomic E-state index is 12.0. The topological polar surface area (TPSA) is 104 Å². The van der Waals surface area contributed by atoms with Gasteiger partial charge in [-0.05, 0) is 41.8 Å². The number of sulfonamides is 1. The van der Waals surface area contributed by atoms with E-state index < -0.39 is 16.0 Å². The van der Waals surface area contributed by atoms with Gasteiger partial charge in [0, 0.05) is 27.1 Å². The fourth-order valence-electron chi connectivity index (χ4n) is 2.35. The average molecular weight is 390 g/mol. The molecule has 0 heterocycles. The van der Waals surface area contributed by atoms with Crippen LogP contribution in [0.5, 0.6) is 0 Å². The molecule has 2 aromatic carbocycles. The van der Waals surface area contributed by atoms with E-state index in [0.717, 1.165) is 15.4 Å². The number of benzene rings is 2. The number of aromatic carboxylic acids is 1. The summed E-state index contributed by atoms with van der Waals surface area (Å²) in [6.45, 7) is 0.305. The third-order valence-corrected chi connectivity index (χ3v) is 5.86. The van der Waals surface area contributed by atoms with Crippen LogP contribution in [0.2, 0.25) is 0 Å². The number of hydrogen-bond donors (Lipinski definition) is 2. The number of carbonyl (C=O) groups is 2. The van der Waals surface area contributed by atoms with Gasteiger partial charge in [-0.1, -0.05) is 24.3 Å². The molecular formula is C19H22N2O5S. The quantitative estimate of drug-likeness (QED) is 0.716. The third kappa shape index (κ3) is 5.63. The smallest absolute Gasteiger partial charge is 0.335 e. The second-order valence-corrected chi connectivity index (χ2v) is 8.36. The van der Waals surface area contributed by atoms with Crippen molar-refractivity contribution in [1.29, 1.82) is 0 Å². The molecule has 0 radical (unpaired) electrons. The van der Waals surface area contributed by atoms with Crippen molar-refractivity contribution in [3.05, 3.63) is 65.2 Å². The number of carbonyl (C=O) groups excluding carboxylic acids is 1. The second kappa shape index (κ2) is 8.79. The van der Waals surface area contributed by atoms with Gasteiger partial charge in [0.1, 0.15) is 0 Å². The zero-order valence-corrected chi connectivity index (χ0v) is 16.0. The zero-order valence-electron chi connectivity index (χ0n) is 15.2. The number of rotatable bonds is 8. The van der Waals surface area contributed by atoms with Crippen molar-refractivity contribution in [2.24, 2.45) is 0 Å². The molecule has 0 saturated heterocycles. The Morgan fingerprint density at radius 1 is 0.963 bits per heavy atom. The van der Waals surface area contributed by atoms with Gasteiger partial charge < -0.3 is 10.4 Å². The molecule has 2 aromatic rings. The van der Waals surface area contributed by atoms with Gasteiger partial charge in [0.15, 0.2) is 0 Å². The van der Waals surface area contributed by atoms with Crippen LogP contribution in [-0.2, 0) is 27.8 Å². The van der Waals surface area contributed by atoms with Crippen molar-refractivity contribution in [1.82, 2.24) is 9.62 Å². The van der Waals surface area contributed by atoms with E-state index in [1.807, 2.05) is 0 Å². The molecule has 0 aromatic heterocycles. The molecule has 2 N–H and O–H groups in total. The van der Waals surface area contributed by atoms with Crippen LogP contribution in [0.1, 0.15) is 27.9 Å². The lowest BCUT2D eigenvalue weighted by atomic mass is 10.1. The van der Waals surface area contributed by atoms with E-state index in [0.29, 0.717) is 13.0 Å². The first-order chi connectivity index (χ1) is 12.7. The first-order valence-corrected chi connectivity index (χ1v) is 9.74. The fourth-order valence-corrected chi connectivity index (χ4v) is 3.25. The normalized spacial score (nSPS) is 11.4. The number of carboxylic acid groups (broad SMARTS) is 1. The van der Waals surface area contributed by atoms with E-state index in [1.165, 1.54) is 38.4 Å². The first kappa shape index (κ1) is 20.6. The molecule has 0 bridgehead atoms. The monoisotopic (exact) mass is 390 g/mol. The van der Waals surface area contributed by atoms with Crippen LogP contribution in [-0.4, -0.2) is 43.8 Å². The number of amides is 1. The van der Waals surface area contributed by atoms with Gasteiger partial charge in [0.25, 0.3) is 0 Å². The van der Waals surface area contributed by atoms with Crippen LogP contribution in [0, 0.1) is 0 Å². The average Bonchev–Trinajstić information content (AvgIpc) is 2.65. The summed E-state index contributed by atoms with van der Waals surface area (Å²) >= 11 is 0. The van der Waals surface area contributed by atoms with Gasteiger partial charge in [0.05, 0.1) is 10.5 Å². The van der Waals surface area contributed by atoms with Crippen molar-refractivity contribution in [2.75, 3.05) is 14.1 Å². The highest BCUT2D eigenvalue weighted by Gasteiger charge is 2.16. The summed E-state index contributed by atoms with van der Waals surface area (Å²) in [6.07, 6.45) is 0.783. The molecule has 1 amide bonds. The molecule has 0 aliphatic carbocycles. The molecule has 7 nitrogen and oxygen atoms in total. The standard InChI is InChI=1S/C19H22N2O5S/c1-21(2)27(25,26)17-10-5-15(6-11-17)13-20-18(22)12-7-14-3-8-16(9-4-14)19(23)24/h3-6,8-11H,7,12-13H2,1-2H3,(H,20,22)(H,23,24). The number of aryl methyl sites for hydroxylation is 1. The van der Waals surface area contributed by atoms with Crippen molar-refractivity contribution in [2.45, 2.75) is 24.3 Å². The number of carboxylic acids is 1. The molecule has 27 heavy (non-hydrogen) atoms. The minimum Gasteiger partial charge on any atom is -0.478 e. The van der Waals surface area contributed by atoms with Crippen LogP contribution >= 0.6 is 0 Å². The third-order valence-electron chi connectivity index (χ3n) is 4.03. The maximum Gasteiger partial charge on any atom is 0.335 e. The van der Waals surface area contributed by atoms with Crippen LogP contribution < -0.4 is 5.32 Å². The minimum atomic E-state index is -3.46. The number of hydrogen-bond acceptors (Lipinski definition) is 4. The Morgan fingerprint density at radius 3 is 2.04 bits per heavy atom. The second-order valence-electron chi connectivity index (χ2n) is 6.21. The van der Waals surface area contributed by atoms with Gasteiger partial charge in [-0.15, -0.1) is 0 Å². The summed E-state index contributed by atoms with van der Waals surface area (Å²) in [7, 11) is -0.522.